The number of hydrogen-bond acceptors (Lipinski definition) is 7. The number of non-ortho nitro benzene ring substituents is 1. The van der Waals surface area contributed by atoms with E-state index in [4.69, 9.17) is 4.74 Å². The number of hydrazone groups is 1. The Balaban J connectivity index is 1.67. The van der Waals surface area contributed by atoms with Crippen molar-refractivity contribution < 1.29 is 19.6 Å². The van der Waals surface area contributed by atoms with Crippen LogP contribution in [0.4, 0.5) is 5.69 Å². The van der Waals surface area contributed by atoms with Crippen LogP contribution in [0.1, 0.15) is 12.5 Å². The van der Waals surface area contributed by atoms with Crippen LogP contribution in [0.15, 0.2) is 59.8 Å². The topological polar surface area (TPSA) is 130 Å². The molecule has 0 aliphatic heterocycles. The lowest BCUT2D eigenvalue weighted by Crippen LogP contribution is -2.33. The lowest BCUT2D eigenvalue weighted by molar-refractivity contribution is -0.385. The van der Waals surface area contributed by atoms with Crippen LogP contribution in [0.3, 0.4) is 0 Å². The first kappa shape index (κ1) is 18.8. The smallest absolute Gasteiger partial charge is 0.280 e. The predicted octanol–water partition coefficient (Wildman–Crippen LogP) is 2.13. The lowest BCUT2D eigenvalue weighted by atomic mass is 10.2. The second kappa shape index (κ2) is 8.12. The second-order valence-electron chi connectivity index (χ2n) is 5.80. The first-order valence-electron chi connectivity index (χ1n) is 8.24. The highest BCUT2D eigenvalue weighted by Crippen LogP contribution is 2.24. The Bertz CT molecular complexity index is 1060. The molecule has 0 fully saturated rings. The largest absolute Gasteiger partial charge is 0.872 e. The Hall–Kier alpha value is -4.01. The summed E-state index contributed by atoms with van der Waals surface area (Å²) in [5.74, 6) is -0.554. The van der Waals surface area contributed by atoms with E-state index in [1.807, 2.05) is 12.1 Å². The maximum Gasteiger partial charge on any atom is 0.280 e. The van der Waals surface area contributed by atoms with Gasteiger partial charge in [0.25, 0.3) is 11.6 Å². The van der Waals surface area contributed by atoms with E-state index in [9.17, 15) is 20.0 Å². The first-order chi connectivity index (χ1) is 13.5. The fraction of sp³-hybridized carbons (Fsp3) is 0.105. The maximum atomic E-state index is 12.2. The molecule has 0 saturated heterocycles. The van der Waals surface area contributed by atoms with Crippen LogP contribution in [0.5, 0.6) is 11.5 Å². The molecule has 0 aliphatic rings. The molecule has 0 unspecified atom stereocenters. The first-order valence-corrected chi connectivity index (χ1v) is 8.24. The number of nitro benzene ring substituents is 1. The highest BCUT2D eigenvalue weighted by Gasteiger charge is 2.15. The minimum atomic E-state index is -0.887. The van der Waals surface area contributed by atoms with Crippen molar-refractivity contribution in [1.82, 2.24) is 10.4 Å². The number of aromatic nitrogens is 1. The summed E-state index contributed by atoms with van der Waals surface area (Å²) in [6, 6.07) is 12.3. The van der Waals surface area contributed by atoms with Crippen molar-refractivity contribution in [3.63, 3.8) is 0 Å². The van der Waals surface area contributed by atoms with Crippen molar-refractivity contribution in [2.75, 3.05) is 0 Å². The van der Waals surface area contributed by atoms with Gasteiger partial charge in [-0.3, -0.25) is 19.9 Å². The van der Waals surface area contributed by atoms with Crippen molar-refractivity contribution in [2.45, 2.75) is 13.0 Å². The van der Waals surface area contributed by atoms with Gasteiger partial charge in [-0.25, -0.2) is 5.43 Å². The van der Waals surface area contributed by atoms with E-state index in [1.54, 1.807) is 31.3 Å². The van der Waals surface area contributed by atoms with E-state index >= 15 is 0 Å². The van der Waals surface area contributed by atoms with Gasteiger partial charge in [0.15, 0.2) is 6.10 Å². The molecule has 0 aliphatic carbocycles. The summed E-state index contributed by atoms with van der Waals surface area (Å²) in [4.78, 5) is 26.6. The zero-order valence-electron chi connectivity index (χ0n) is 14.7. The molecule has 0 bridgehead atoms. The van der Waals surface area contributed by atoms with Crippen molar-refractivity contribution in [1.29, 1.82) is 0 Å². The minimum absolute atomic E-state index is 0.0127. The summed E-state index contributed by atoms with van der Waals surface area (Å²) in [7, 11) is 0. The average Bonchev–Trinajstić information content (AvgIpc) is 2.69. The van der Waals surface area contributed by atoms with Crippen molar-refractivity contribution >= 4 is 28.7 Å². The quantitative estimate of drug-likeness (QED) is 0.397. The van der Waals surface area contributed by atoms with Crippen LogP contribution in [0.2, 0.25) is 0 Å². The molecular weight excluding hydrogens is 364 g/mol. The number of amides is 1. The number of fused-ring (bicyclic) bond motifs is 1. The number of nitrogens with zero attached hydrogens (tertiary/aromatic N) is 3. The molecule has 1 amide bonds. The molecule has 1 atom stereocenters. The zero-order chi connectivity index (χ0) is 20.1. The van der Waals surface area contributed by atoms with Gasteiger partial charge in [-0.05, 0) is 24.6 Å². The number of ether oxygens (including phenoxy) is 1. The van der Waals surface area contributed by atoms with E-state index in [1.165, 1.54) is 0 Å². The summed E-state index contributed by atoms with van der Waals surface area (Å²) < 4.78 is 5.67. The number of benzene rings is 2. The van der Waals surface area contributed by atoms with E-state index < -0.39 is 22.7 Å². The molecule has 142 valence electrons. The molecule has 1 N–H and O–H groups in total. The monoisotopic (exact) mass is 379 g/mol. The van der Waals surface area contributed by atoms with Crippen molar-refractivity contribution in [3.8, 4) is 11.5 Å². The molecule has 3 aromatic rings. The van der Waals surface area contributed by atoms with Gasteiger partial charge in [0.1, 0.15) is 11.3 Å². The predicted molar refractivity (Wildman–Crippen MR) is 100 cm³/mol. The Kier molecular flexibility index (Phi) is 5.45. The number of nitro groups is 1. The molecule has 9 heteroatoms. The average molecular weight is 379 g/mol. The molecule has 1 aromatic heterocycles. The van der Waals surface area contributed by atoms with Gasteiger partial charge in [0.2, 0.25) is 0 Å². The molecular formula is C19H15N4O5-. The third kappa shape index (κ3) is 4.21. The molecule has 0 spiro atoms. The Morgan fingerprint density at radius 1 is 1.29 bits per heavy atom. The molecule has 1 heterocycles. The maximum absolute atomic E-state index is 12.2. The van der Waals surface area contributed by atoms with Gasteiger partial charge < -0.3 is 9.84 Å². The van der Waals surface area contributed by atoms with Gasteiger partial charge in [-0.1, -0.05) is 30.0 Å². The number of carbonyl (C=O) groups excluding carboxylic acids is 1. The number of hydrogen-bond donors (Lipinski definition) is 1. The number of nitrogens with one attached hydrogen (secondary N) is 1. The van der Waals surface area contributed by atoms with E-state index in [0.717, 1.165) is 29.8 Å². The minimum Gasteiger partial charge on any atom is -0.872 e. The highest BCUT2D eigenvalue weighted by molar-refractivity contribution is 5.88. The van der Waals surface area contributed by atoms with Gasteiger partial charge in [0, 0.05) is 23.7 Å². The van der Waals surface area contributed by atoms with Gasteiger partial charge in [0.05, 0.1) is 11.1 Å². The molecule has 2 aromatic carbocycles. The van der Waals surface area contributed by atoms with Gasteiger partial charge in [-0.15, -0.1) is 0 Å². The van der Waals surface area contributed by atoms with E-state index in [0.29, 0.717) is 11.3 Å². The Morgan fingerprint density at radius 2 is 2.07 bits per heavy atom. The summed E-state index contributed by atoms with van der Waals surface area (Å²) >= 11 is 0. The van der Waals surface area contributed by atoms with E-state index in [2.05, 4.69) is 15.5 Å². The second-order valence-corrected chi connectivity index (χ2v) is 5.80. The Labute approximate surface area is 159 Å². The molecule has 3 rings (SSSR count). The van der Waals surface area contributed by atoms with Crippen LogP contribution in [0.25, 0.3) is 10.9 Å². The van der Waals surface area contributed by atoms with Crippen LogP contribution in [-0.2, 0) is 4.79 Å². The molecule has 0 radical (unpaired) electrons. The van der Waals surface area contributed by atoms with Crippen LogP contribution in [-0.4, -0.2) is 28.1 Å². The standard InChI is InChI=1S/C19H16N4O5/c1-12(28-17-6-2-4-13-5-3-9-20-18(13)17)19(25)22-21-11-14-10-15(23(26)27)7-8-16(14)24/h2-12,24H,1H3,(H,22,25)/p-1/b21-11-/t12-/m1/s1. The highest BCUT2D eigenvalue weighted by atomic mass is 16.6. The fourth-order valence-corrected chi connectivity index (χ4v) is 2.42. The van der Waals surface area contributed by atoms with E-state index in [-0.39, 0.29) is 11.3 Å². The normalized spacial score (nSPS) is 12.0. The summed E-state index contributed by atoms with van der Waals surface area (Å²) in [5, 5.41) is 27.0. The number of pyridine rings is 1. The third-order valence-electron chi connectivity index (χ3n) is 3.85. The SMILES string of the molecule is C[C@@H](Oc1cccc2cccnc12)C(=O)N/N=C\c1cc([N+](=O)[O-])ccc1[O-]. The number of para-hydroxylation sites is 1. The lowest BCUT2D eigenvalue weighted by Gasteiger charge is -2.14. The van der Waals surface area contributed by atoms with Crippen molar-refractivity contribution in [3.05, 3.63) is 70.4 Å². The zero-order valence-corrected chi connectivity index (χ0v) is 14.7. The summed E-state index contributed by atoms with van der Waals surface area (Å²) in [6.45, 7) is 1.54. The summed E-state index contributed by atoms with van der Waals surface area (Å²) in [5.41, 5.74) is 2.62. The van der Waals surface area contributed by atoms with Gasteiger partial charge in [-0.2, -0.15) is 5.10 Å². The van der Waals surface area contributed by atoms with Gasteiger partial charge >= 0.3 is 0 Å². The Morgan fingerprint density at radius 3 is 2.86 bits per heavy atom. The number of carbonyl (C=O) groups is 1. The van der Waals surface area contributed by atoms with Crippen LogP contribution in [0, 0.1) is 10.1 Å². The van der Waals surface area contributed by atoms with Crippen LogP contribution < -0.4 is 15.3 Å². The number of rotatable bonds is 6. The van der Waals surface area contributed by atoms with Crippen LogP contribution >= 0.6 is 0 Å². The summed E-state index contributed by atoms with van der Waals surface area (Å²) in [6.07, 6.45) is 1.80. The molecule has 0 saturated carbocycles. The van der Waals surface area contributed by atoms with Crippen molar-refractivity contribution in [2.24, 2.45) is 5.10 Å². The molecule has 28 heavy (non-hydrogen) atoms. The molecule has 9 nitrogen and oxygen atoms in total. The third-order valence-corrected chi connectivity index (χ3v) is 3.85. The fourth-order valence-electron chi connectivity index (χ4n) is 2.42.